The van der Waals surface area contributed by atoms with Crippen LogP contribution in [0.2, 0.25) is 0 Å². The Morgan fingerprint density at radius 3 is 1.94 bits per heavy atom. The van der Waals surface area contributed by atoms with Crippen LogP contribution in [0.1, 0.15) is 54.4 Å². The summed E-state index contributed by atoms with van der Waals surface area (Å²) in [5.74, 6) is -2.01. The standard InChI is InChI=1S/C15H28F2/c1-8-11(3)12(4)13(9-2)10-15(16,17)14(5,6)7/h8,11-13H,1,9-10H2,2-7H3. The van der Waals surface area contributed by atoms with Gasteiger partial charge in [-0.3, -0.25) is 0 Å². The Morgan fingerprint density at radius 2 is 1.65 bits per heavy atom. The summed E-state index contributed by atoms with van der Waals surface area (Å²) in [6, 6.07) is 0. The average Bonchev–Trinajstić information content (AvgIpc) is 2.22. The summed E-state index contributed by atoms with van der Waals surface area (Å²) in [5.41, 5.74) is -0.961. The van der Waals surface area contributed by atoms with Gasteiger partial charge < -0.3 is 0 Å². The van der Waals surface area contributed by atoms with Crippen molar-refractivity contribution >= 4 is 0 Å². The first-order valence-corrected chi connectivity index (χ1v) is 6.57. The lowest BCUT2D eigenvalue weighted by Crippen LogP contribution is -2.37. The highest BCUT2D eigenvalue weighted by molar-refractivity contribution is 4.88. The number of halogens is 2. The van der Waals surface area contributed by atoms with Crippen LogP contribution >= 0.6 is 0 Å². The first-order valence-electron chi connectivity index (χ1n) is 6.57. The predicted octanol–water partition coefficient (Wildman–Crippen LogP) is 5.54. The molecule has 0 aromatic carbocycles. The van der Waals surface area contributed by atoms with Crippen LogP contribution in [0.15, 0.2) is 12.7 Å². The monoisotopic (exact) mass is 246 g/mol. The lowest BCUT2D eigenvalue weighted by atomic mass is 9.74. The van der Waals surface area contributed by atoms with Crippen LogP contribution in [0.5, 0.6) is 0 Å². The van der Waals surface area contributed by atoms with E-state index in [2.05, 4.69) is 20.4 Å². The highest BCUT2D eigenvalue weighted by Gasteiger charge is 2.45. The summed E-state index contributed by atoms with van der Waals surface area (Å²) in [6.07, 6.45) is 2.64. The smallest absolute Gasteiger partial charge is 0.206 e. The molecule has 0 amide bonds. The maximum atomic E-state index is 14.1. The van der Waals surface area contributed by atoms with Crippen molar-refractivity contribution in [1.29, 1.82) is 0 Å². The fourth-order valence-corrected chi connectivity index (χ4v) is 1.98. The average molecular weight is 246 g/mol. The second-order valence-electron chi connectivity index (χ2n) is 6.28. The van der Waals surface area contributed by atoms with Crippen LogP contribution in [-0.4, -0.2) is 5.92 Å². The normalized spacial score (nSPS) is 18.6. The van der Waals surface area contributed by atoms with E-state index in [1.165, 1.54) is 0 Å². The Kier molecular flexibility index (Phi) is 5.83. The fraction of sp³-hybridized carbons (Fsp3) is 0.867. The van der Waals surface area contributed by atoms with Gasteiger partial charge in [-0.25, -0.2) is 8.78 Å². The molecule has 3 unspecified atom stereocenters. The number of rotatable bonds is 6. The zero-order chi connectivity index (χ0) is 13.9. The maximum Gasteiger partial charge on any atom is 0.253 e. The minimum atomic E-state index is -2.61. The van der Waals surface area contributed by atoms with Gasteiger partial charge in [0.05, 0.1) is 0 Å². The molecule has 102 valence electrons. The van der Waals surface area contributed by atoms with Gasteiger partial charge in [-0.05, 0) is 17.8 Å². The summed E-state index contributed by atoms with van der Waals surface area (Å²) >= 11 is 0. The van der Waals surface area contributed by atoms with Gasteiger partial charge in [0, 0.05) is 11.8 Å². The van der Waals surface area contributed by atoms with Gasteiger partial charge in [0.2, 0.25) is 0 Å². The van der Waals surface area contributed by atoms with E-state index in [-0.39, 0.29) is 24.2 Å². The lowest BCUT2D eigenvalue weighted by molar-refractivity contribution is -0.118. The van der Waals surface area contributed by atoms with E-state index in [1.54, 1.807) is 20.8 Å². The Morgan fingerprint density at radius 1 is 1.18 bits per heavy atom. The van der Waals surface area contributed by atoms with E-state index in [0.29, 0.717) is 0 Å². The van der Waals surface area contributed by atoms with Crippen LogP contribution in [-0.2, 0) is 0 Å². The largest absolute Gasteiger partial charge is 0.253 e. The number of allylic oxidation sites excluding steroid dienone is 1. The topological polar surface area (TPSA) is 0 Å². The fourth-order valence-electron chi connectivity index (χ4n) is 1.98. The molecule has 0 aliphatic carbocycles. The summed E-state index contributed by atoms with van der Waals surface area (Å²) in [5, 5.41) is 0. The molecular formula is C15H28F2. The Labute approximate surface area is 105 Å². The number of hydrogen-bond acceptors (Lipinski definition) is 0. The molecule has 0 spiro atoms. The van der Waals surface area contributed by atoms with Crippen molar-refractivity contribution in [2.45, 2.75) is 60.3 Å². The van der Waals surface area contributed by atoms with Crippen LogP contribution < -0.4 is 0 Å². The van der Waals surface area contributed by atoms with Gasteiger partial charge in [-0.2, -0.15) is 0 Å². The van der Waals surface area contributed by atoms with Crippen molar-refractivity contribution in [3.8, 4) is 0 Å². The molecular weight excluding hydrogens is 218 g/mol. The summed E-state index contributed by atoms with van der Waals surface area (Å²) in [6.45, 7) is 14.7. The minimum absolute atomic E-state index is 0.0215. The van der Waals surface area contributed by atoms with E-state index in [1.807, 2.05) is 13.0 Å². The molecule has 0 nitrogen and oxygen atoms in total. The highest BCUT2D eigenvalue weighted by Crippen LogP contribution is 2.43. The first-order chi connectivity index (χ1) is 7.56. The summed E-state index contributed by atoms with van der Waals surface area (Å²) in [4.78, 5) is 0. The zero-order valence-corrected chi connectivity index (χ0v) is 12.2. The van der Waals surface area contributed by atoms with Gasteiger partial charge in [0.15, 0.2) is 0 Å². The Balaban J connectivity index is 4.77. The van der Waals surface area contributed by atoms with Crippen molar-refractivity contribution in [2.24, 2.45) is 23.2 Å². The highest BCUT2D eigenvalue weighted by atomic mass is 19.3. The van der Waals surface area contributed by atoms with E-state index in [4.69, 9.17) is 0 Å². The maximum absolute atomic E-state index is 14.1. The van der Waals surface area contributed by atoms with Crippen molar-refractivity contribution in [3.63, 3.8) is 0 Å². The molecule has 0 heterocycles. The molecule has 0 saturated carbocycles. The van der Waals surface area contributed by atoms with Crippen LogP contribution in [0.25, 0.3) is 0 Å². The predicted molar refractivity (Wildman–Crippen MR) is 71.3 cm³/mol. The molecule has 2 heteroatoms. The van der Waals surface area contributed by atoms with E-state index < -0.39 is 11.3 Å². The molecule has 0 rings (SSSR count). The molecule has 0 saturated heterocycles. The van der Waals surface area contributed by atoms with E-state index in [9.17, 15) is 8.78 Å². The number of hydrogen-bond donors (Lipinski definition) is 0. The van der Waals surface area contributed by atoms with Crippen molar-refractivity contribution in [2.75, 3.05) is 0 Å². The van der Waals surface area contributed by atoms with Crippen molar-refractivity contribution in [1.82, 2.24) is 0 Å². The summed E-state index contributed by atoms with van der Waals surface area (Å²) in [7, 11) is 0. The second-order valence-corrected chi connectivity index (χ2v) is 6.28. The van der Waals surface area contributed by atoms with E-state index in [0.717, 1.165) is 6.42 Å². The van der Waals surface area contributed by atoms with Gasteiger partial charge in [-0.1, -0.05) is 54.0 Å². The Hall–Kier alpha value is -0.400. The molecule has 0 aliphatic heterocycles. The minimum Gasteiger partial charge on any atom is -0.206 e. The van der Waals surface area contributed by atoms with Gasteiger partial charge >= 0.3 is 0 Å². The lowest BCUT2D eigenvalue weighted by Gasteiger charge is -2.36. The number of alkyl halides is 2. The third-order valence-electron chi connectivity index (χ3n) is 4.08. The molecule has 0 N–H and O–H groups in total. The SMILES string of the molecule is C=CC(C)C(C)C(CC)CC(F)(F)C(C)(C)C. The third-order valence-corrected chi connectivity index (χ3v) is 4.08. The van der Waals surface area contributed by atoms with Gasteiger partial charge in [-0.15, -0.1) is 6.58 Å². The molecule has 0 aliphatic rings. The zero-order valence-electron chi connectivity index (χ0n) is 12.2. The van der Waals surface area contributed by atoms with Crippen LogP contribution in [0, 0.1) is 23.2 Å². The van der Waals surface area contributed by atoms with E-state index >= 15 is 0 Å². The second kappa shape index (κ2) is 5.97. The molecule has 3 atom stereocenters. The van der Waals surface area contributed by atoms with Crippen LogP contribution in [0.3, 0.4) is 0 Å². The molecule has 17 heavy (non-hydrogen) atoms. The van der Waals surface area contributed by atoms with Gasteiger partial charge in [0.1, 0.15) is 0 Å². The molecule has 0 aromatic heterocycles. The molecule has 0 fully saturated rings. The van der Waals surface area contributed by atoms with Crippen molar-refractivity contribution in [3.05, 3.63) is 12.7 Å². The summed E-state index contributed by atoms with van der Waals surface area (Å²) < 4.78 is 28.1. The first kappa shape index (κ1) is 16.6. The van der Waals surface area contributed by atoms with Crippen molar-refractivity contribution < 1.29 is 8.78 Å². The Bertz CT molecular complexity index is 238. The van der Waals surface area contributed by atoms with Gasteiger partial charge in [0.25, 0.3) is 5.92 Å². The molecule has 0 radical (unpaired) electrons. The quantitative estimate of drug-likeness (QED) is 0.540. The third kappa shape index (κ3) is 4.40. The molecule has 0 aromatic rings. The van der Waals surface area contributed by atoms with Crippen LogP contribution in [0.4, 0.5) is 8.78 Å². The molecule has 0 bridgehead atoms.